The SMILES string of the molecule is COc1cccc(C2=NC(c3ccc(S(C)(=O)=O)cc3)C(c3ccc(Cl)cc3)N2C(=O)N2CCNC(=O)C2)c1. The van der Waals surface area contributed by atoms with E-state index in [0.29, 0.717) is 35.3 Å². The molecule has 3 aromatic rings. The van der Waals surface area contributed by atoms with Gasteiger partial charge in [-0.15, -0.1) is 0 Å². The Hall–Kier alpha value is -3.89. The van der Waals surface area contributed by atoms with E-state index in [1.807, 2.05) is 24.3 Å². The van der Waals surface area contributed by atoms with Gasteiger partial charge in [-0.25, -0.2) is 13.2 Å². The van der Waals surface area contributed by atoms with Gasteiger partial charge in [0, 0.05) is 29.9 Å². The summed E-state index contributed by atoms with van der Waals surface area (Å²) >= 11 is 6.19. The van der Waals surface area contributed by atoms with Crippen molar-refractivity contribution in [3.8, 4) is 5.75 Å². The van der Waals surface area contributed by atoms with Crippen LogP contribution in [-0.4, -0.2) is 69.0 Å². The quantitative estimate of drug-likeness (QED) is 0.505. The van der Waals surface area contributed by atoms with Crippen LogP contribution in [-0.2, 0) is 14.6 Å². The molecule has 2 atom stereocenters. The molecule has 3 amide bonds. The Morgan fingerprint density at radius 3 is 2.38 bits per heavy atom. The van der Waals surface area contributed by atoms with Crippen molar-refractivity contribution in [2.45, 2.75) is 17.0 Å². The van der Waals surface area contributed by atoms with E-state index in [1.165, 1.54) is 4.90 Å². The topological polar surface area (TPSA) is 108 Å². The monoisotopic (exact) mass is 566 g/mol. The van der Waals surface area contributed by atoms with Gasteiger partial charge in [0.1, 0.15) is 24.2 Å². The average Bonchev–Trinajstić information content (AvgIpc) is 3.33. The summed E-state index contributed by atoms with van der Waals surface area (Å²) in [7, 11) is -1.83. The molecule has 1 fully saturated rings. The van der Waals surface area contributed by atoms with Crippen molar-refractivity contribution in [1.29, 1.82) is 0 Å². The Morgan fingerprint density at radius 1 is 1.05 bits per heavy atom. The normalized spacial score (nSPS) is 19.5. The zero-order chi connectivity index (χ0) is 27.7. The second kappa shape index (κ2) is 10.7. The smallest absolute Gasteiger partial charge is 0.326 e. The maximum Gasteiger partial charge on any atom is 0.326 e. The summed E-state index contributed by atoms with van der Waals surface area (Å²) < 4.78 is 29.6. The first-order valence-corrected chi connectivity index (χ1v) is 14.5. The van der Waals surface area contributed by atoms with Crippen molar-refractivity contribution >= 4 is 39.2 Å². The minimum atomic E-state index is -3.39. The van der Waals surface area contributed by atoms with Gasteiger partial charge in [0.05, 0.1) is 18.0 Å². The minimum absolute atomic E-state index is 0.0677. The third kappa shape index (κ3) is 5.48. The number of aliphatic imine (C=N–C) groups is 1. The van der Waals surface area contributed by atoms with Gasteiger partial charge in [0.15, 0.2) is 9.84 Å². The summed E-state index contributed by atoms with van der Waals surface area (Å²) in [4.78, 5) is 34.7. The van der Waals surface area contributed by atoms with Gasteiger partial charge in [-0.3, -0.25) is 14.7 Å². The molecular formula is C28H27ClN4O5S. The van der Waals surface area contributed by atoms with Crippen LogP contribution in [0.25, 0.3) is 0 Å². The fourth-order valence-electron chi connectivity index (χ4n) is 4.84. The standard InChI is InChI=1S/C28H27ClN4O5S/c1-38-22-5-3-4-20(16-22)27-31-25(18-8-12-23(13-9-18)39(2,36)37)26(19-6-10-21(29)11-7-19)33(27)28(35)32-15-14-30-24(34)17-32/h3-13,16,25-26H,14-15,17H2,1-2H3,(H,30,34). The average molecular weight is 567 g/mol. The van der Waals surface area contributed by atoms with Crippen molar-refractivity contribution in [3.05, 3.63) is 94.5 Å². The van der Waals surface area contributed by atoms with Crippen molar-refractivity contribution < 1.29 is 22.7 Å². The number of hydrogen-bond donors (Lipinski definition) is 1. The van der Waals surface area contributed by atoms with Crippen LogP contribution in [0.1, 0.15) is 28.8 Å². The lowest BCUT2D eigenvalue weighted by Gasteiger charge is -2.35. The van der Waals surface area contributed by atoms with Crippen LogP contribution in [0.15, 0.2) is 82.7 Å². The zero-order valence-electron chi connectivity index (χ0n) is 21.4. The first kappa shape index (κ1) is 26.7. The Morgan fingerprint density at radius 2 is 1.74 bits per heavy atom. The maximum atomic E-state index is 14.2. The molecule has 5 rings (SSSR count). The molecule has 2 heterocycles. The molecule has 1 N–H and O–H groups in total. The number of sulfone groups is 1. The number of hydrogen-bond acceptors (Lipinski definition) is 6. The number of rotatable bonds is 5. The van der Waals surface area contributed by atoms with E-state index in [9.17, 15) is 18.0 Å². The number of carbonyl (C=O) groups excluding carboxylic acids is 2. The van der Waals surface area contributed by atoms with Crippen molar-refractivity contribution in [2.24, 2.45) is 4.99 Å². The lowest BCUT2D eigenvalue weighted by Crippen LogP contribution is -2.55. The molecule has 1 saturated heterocycles. The van der Waals surface area contributed by atoms with E-state index in [1.54, 1.807) is 60.5 Å². The third-order valence-electron chi connectivity index (χ3n) is 6.77. The Kier molecular flexibility index (Phi) is 7.33. The minimum Gasteiger partial charge on any atom is -0.497 e. The largest absolute Gasteiger partial charge is 0.497 e. The van der Waals surface area contributed by atoms with Crippen LogP contribution in [0.4, 0.5) is 4.79 Å². The van der Waals surface area contributed by atoms with E-state index in [-0.39, 0.29) is 23.4 Å². The number of halogens is 1. The third-order valence-corrected chi connectivity index (χ3v) is 8.15. The fraction of sp³-hybridized carbons (Fsp3) is 0.250. The van der Waals surface area contributed by atoms with Gasteiger partial charge in [-0.05, 0) is 47.5 Å². The number of amidine groups is 1. The highest BCUT2D eigenvalue weighted by molar-refractivity contribution is 7.90. The van der Waals surface area contributed by atoms with E-state index < -0.39 is 21.9 Å². The maximum absolute atomic E-state index is 14.2. The summed E-state index contributed by atoms with van der Waals surface area (Å²) in [5, 5.41) is 3.30. The number of ether oxygens (including phenoxy) is 1. The number of methoxy groups -OCH3 is 1. The molecule has 39 heavy (non-hydrogen) atoms. The second-order valence-corrected chi connectivity index (χ2v) is 11.8. The Balaban J connectivity index is 1.67. The summed E-state index contributed by atoms with van der Waals surface area (Å²) in [6, 6.07) is 19.5. The molecule has 202 valence electrons. The molecule has 0 spiro atoms. The fourth-order valence-corrected chi connectivity index (χ4v) is 5.59. The van der Waals surface area contributed by atoms with Crippen LogP contribution >= 0.6 is 11.6 Å². The first-order chi connectivity index (χ1) is 18.7. The van der Waals surface area contributed by atoms with Gasteiger partial charge in [0.2, 0.25) is 5.91 Å². The van der Waals surface area contributed by atoms with E-state index in [0.717, 1.165) is 17.4 Å². The molecule has 2 aliphatic heterocycles. The van der Waals surface area contributed by atoms with Crippen LogP contribution in [0.3, 0.4) is 0 Å². The van der Waals surface area contributed by atoms with E-state index in [2.05, 4.69) is 5.32 Å². The number of amides is 3. The molecular weight excluding hydrogens is 540 g/mol. The summed E-state index contributed by atoms with van der Waals surface area (Å²) in [6.45, 7) is 0.640. The Labute approximate surface area is 232 Å². The van der Waals surface area contributed by atoms with Crippen molar-refractivity contribution in [3.63, 3.8) is 0 Å². The number of urea groups is 1. The highest BCUT2D eigenvalue weighted by Gasteiger charge is 2.44. The highest BCUT2D eigenvalue weighted by atomic mass is 35.5. The Bertz CT molecular complexity index is 1540. The lowest BCUT2D eigenvalue weighted by atomic mass is 9.93. The highest BCUT2D eigenvalue weighted by Crippen LogP contribution is 2.44. The number of carbonyl (C=O) groups is 2. The molecule has 2 unspecified atom stereocenters. The van der Waals surface area contributed by atoms with Gasteiger partial charge >= 0.3 is 6.03 Å². The summed E-state index contributed by atoms with van der Waals surface area (Å²) in [6.07, 6.45) is 1.16. The van der Waals surface area contributed by atoms with Gasteiger partial charge in [0.25, 0.3) is 0 Å². The number of nitrogens with one attached hydrogen (secondary N) is 1. The van der Waals surface area contributed by atoms with Crippen molar-refractivity contribution in [2.75, 3.05) is 33.0 Å². The molecule has 0 aromatic heterocycles. The zero-order valence-corrected chi connectivity index (χ0v) is 22.9. The van der Waals surface area contributed by atoms with Crippen LogP contribution in [0, 0.1) is 0 Å². The van der Waals surface area contributed by atoms with Crippen molar-refractivity contribution in [1.82, 2.24) is 15.1 Å². The van der Waals surface area contributed by atoms with Crippen LogP contribution < -0.4 is 10.1 Å². The molecule has 0 bridgehead atoms. The molecule has 0 saturated carbocycles. The van der Waals surface area contributed by atoms with E-state index in [4.69, 9.17) is 21.3 Å². The number of piperazine rings is 1. The molecule has 2 aliphatic rings. The number of benzene rings is 3. The molecule has 9 nitrogen and oxygen atoms in total. The molecule has 0 aliphatic carbocycles. The van der Waals surface area contributed by atoms with Gasteiger partial charge < -0.3 is 15.0 Å². The second-order valence-electron chi connectivity index (χ2n) is 9.39. The molecule has 11 heteroatoms. The summed E-state index contributed by atoms with van der Waals surface area (Å²) in [5.74, 6) is 0.788. The van der Waals surface area contributed by atoms with E-state index >= 15 is 0 Å². The van der Waals surface area contributed by atoms with Gasteiger partial charge in [-0.2, -0.15) is 0 Å². The predicted molar refractivity (Wildman–Crippen MR) is 148 cm³/mol. The van der Waals surface area contributed by atoms with Crippen LogP contribution in [0.5, 0.6) is 5.75 Å². The molecule has 3 aromatic carbocycles. The summed E-state index contributed by atoms with van der Waals surface area (Å²) in [5.41, 5.74) is 2.18. The molecule has 0 radical (unpaired) electrons. The lowest BCUT2D eigenvalue weighted by molar-refractivity contribution is -0.123. The predicted octanol–water partition coefficient (Wildman–Crippen LogP) is 3.85. The van der Waals surface area contributed by atoms with Crippen LogP contribution in [0.2, 0.25) is 5.02 Å². The first-order valence-electron chi connectivity index (χ1n) is 12.3. The van der Waals surface area contributed by atoms with Gasteiger partial charge in [-0.1, -0.05) is 48.0 Å². The number of nitrogens with zero attached hydrogens (tertiary/aromatic N) is 3.